The van der Waals surface area contributed by atoms with Gasteiger partial charge in [-0.3, -0.25) is 4.79 Å². The van der Waals surface area contributed by atoms with Gasteiger partial charge in [0.2, 0.25) is 5.82 Å². The van der Waals surface area contributed by atoms with E-state index in [2.05, 4.69) is 20.6 Å². The van der Waals surface area contributed by atoms with E-state index in [4.69, 9.17) is 4.74 Å². The number of carbonyl (C=O) groups is 1. The number of Topliss-reactive ketones (excluding diaryl/α,β-unsaturated/α-hetero) is 1. The van der Waals surface area contributed by atoms with E-state index in [0.717, 1.165) is 36.9 Å². The first-order valence-electron chi connectivity index (χ1n) is 8.10. The first-order chi connectivity index (χ1) is 11.3. The zero-order valence-corrected chi connectivity index (χ0v) is 14.1. The fraction of sp³-hybridized carbons (Fsp3) is 0.471. The maximum Gasteiger partial charge on any atom is 0.271 e. The number of rotatable bonds is 6. The average molecular weight is 331 g/mol. The molecule has 3 rings (SSSR count). The highest BCUT2D eigenvalue weighted by molar-refractivity contribution is 6.99. The van der Waals surface area contributed by atoms with Gasteiger partial charge in [-0.1, -0.05) is 37.3 Å². The predicted octanol–water partition coefficient (Wildman–Crippen LogP) is 3.57. The summed E-state index contributed by atoms with van der Waals surface area (Å²) in [5.41, 5.74) is 0.654. The smallest absolute Gasteiger partial charge is 0.271 e. The van der Waals surface area contributed by atoms with Gasteiger partial charge in [-0.15, -0.1) is 4.37 Å². The molecule has 0 saturated carbocycles. The number of hydrogen-bond donors (Lipinski definition) is 0. The van der Waals surface area contributed by atoms with Crippen LogP contribution in [-0.4, -0.2) is 33.7 Å². The molecule has 0 spiro atoms. The zero-order chi connectivity index (χ0) is 16.1. The Morgan fingerprint density at radius 2 is 2.13 bits per heavy atom. The molecule has 0 amide bonds. The molecule has 1 aliphatic rings. The third-order valence-electron chi connectivity index (χ3n) is 4.25. The minimum Gasteiger partial charge on any atom is -0.466 e. The number of carbonyl (C=O) groups excluding carboxylic acids is 1. The van der Waals surface area contributed by atoms with Gasteiger partial charge in [0, 0.05) is 18.2 Å². The summed E-state index contributed by atoms with van der Waals surface area (Å²) in [7, 11) is 0. The van der Waals surface area contributed by atoms with Crippen LogP contribution >= 0.6 is 11.7 Å². The Morgan fingerprint density at radius 1 is 1.30 bits per heavy atom. The number of nitrogens with zero attached hydrogens (tertiary/aromatic N) is 3. The van der Waals surface area contributed by atoms with Crippen molar-refractivity contribution >= 4 is 23.3 Å². The molecular formula is C17H21N3O2S. The zero-order valence-electron chi connectivity index (χ0n) is 13.3. The Kier molecular flexibility index (Phi) is 5.23. The maximum absolute atomic E-state index is 12.2. The van der Waals surface area contributed by atoms with E-state index in [9.17, 15) is 4.79 Å². The summed E-state index contributed by atoms with van der Waals surface area (Å²) in [6, 6.07) is 9.67. The molecular weight excluding hydrogens is 310 g/mol. The van der Waals surface area contributed by atoms with Gasteiger partial charge >= 0.3 is 0 Å². The van der Waals surface area contributed by atoms with Gasteiger partial charge < -0.3 is 9.64 Å². The average Bonchev–Trinajstić information content (AvgIpc) is 3.08. The molecule has 1 saturated heterocycles. The molecule has 1 aromatic heterocycles. The number of hydrogen-bond acceptors (Lipinski definition) is 6. The van der Waals surface area contributed by atoms with Crippen LogP contribution in [0.3, 0.4) is 0 Å². The number of ketones is 1. The van der Waals surface area contributed by atoms with E-state index < -0.39 is 0 Å². The van der Waals surface area contributed by atoms with Gasteiger partial charge in [0.05, 0.1) is 11.7 Å². The monoisotopic (exact) mass is 331 g/mol. The van der Waals surface area contributed by atoms with E-state index in [1.165, 1.54) is 12.8 Å². The third-order valence-corrected chi connectivity index (χ3v) is 4.75. The molecule has 2 aromatic rings. The Labute approximate surface area is 140 Å². The number of piperidine rings is 1. The highest BCUT2D eigenvalue weighted by Gasteiger charge is 2.26. The van der Waals surface area contributed by atoms with E-state index in [0.29, 0.717) is 17.5 Å². The van der Waals surface area contributed by atoms with Gasteiger partial charge in [-0.2, -0.15) is 4.37 Å². The van der Waals surface area contributed by atoms with Gasteiger partial charge in [-0.05, 0) is 25.7 Å². The summed E-state index contributed by atoms with van der Waals surface area (Å²) >= 11 is 1.14. The summed E-state index contributed by atoms with van der Waals surface area (Å²) in [5.74, 6) is 1.23. The van der Waals surface area contributed by atoms with Gasteiger partial charge in [0.15, 0.2) is 12.4 Å². The summed E-state index contributed by atoms with van der Waals surface area (Å²) in [6.07, 6.45) is 4.68. The van der Waals surface area contributed by atoms with Crippen LogP contribution in [0.15, 0.2) is 30.3 Å². The van der Waals surface area contributed by atoms with Crippen LogP contribution in [0.25, 0.3) is 0 Å². The molecule has 2 heterocycles. The summed E-state index contributed by atoms with van der Waals surface area (Å²) in [4.78, 5) is 14.5. The molecule has 1 fully saturated rings. The molecule has 1 aliphatic heterocycles. The quantitative estimate of drug-likeness (QED) is 0.758. The van der Waals surface area contributed by atoms with E-state index >= 15 is 0 Å². The molecule has 23 heavy (non-hydrogen) atoms. The molecule has 1 aromatic carbocycles. The Bertz CT molecular complexity index is 644. The second-order valence-corrected chi connectivity index (χ2v) is 6.25. The van der Waals surface area contributed by atoms with Crippen molar-refractivity contribution in [2.24, 2.45) is 0 Å². The van der Waals surface area contributed by atoms with Crippen molar-refractivity contribution in [2.45, 2.75) is 38.6 Å². The normalized spacial score (nSPS) is 18.0. The highest BCUT2D eigenvalue weighted by atomic mass is 32.1. The second-order valence-electron chi connectivity index (χ2n) is 5.72. The fourth-order valence-electron chi connectivity index (χ4n) is 2.99. The first-order valence-corrected chi connectivity index (χ1v) is 8.83. The molecule has 0 N–H and O–H groups in total. The number of ether oxygens (including phenoxy) is 1. The van der Waals surface area contributed by atoms with Crippen LogP contribution in [0.4, 0.5) is 5.82 Å². The molecule has 6 heteroatoms. The topological polar surface area (TPSA) is 55.3 Å². The number of aromatic nitrogens is 2. The third kappa shape index (κ3) is 3.69. The molecule has 1 unspecified atom stereocenters. The molecule has 5 nitrogen and oxygen atoms in total. The molecule has 0 bridgehead atoms. The van der Waals surface area contributed by atoms with Gasteiger partial charge in [0.1, 0.15) is 0 Å². The van der Waals surface area contributed by atoms with E-state index in [-0.39, 0.29) is 12.4 Å². The van der Waals surface area contributed by atoms with Crippen molar-refractivity contribution in [3.63, 3.8) is 0 Å². The Hall–Kier alpha value is -1.95. The lowest BCUT2D eigenvalue weighted by Crippen LogP contribution is -2.39. The van der Waals surface area contributed by atoms with Gasteiger partial charge in [-0.25, -0.2) is 0 Å². The van der Waals surface area contributed by atoms with E-state index in [1.807, 2.05) is 18.2 Å². The second kappa shape index (κ2) is 7.55. The number of benzene rings is 1. The maximum atomic E-state index is 12.2. The highest BCUT2D eigenvalue weighted by Crippen LogP contribution is 2.32. The number of anilines is 1. The Morgan fingerprint density at radius 3 is 2.91 bits per heavy atom. The van der Waals surface area contributed by atoms with Crippen LogP contribution in [0, 0.1) is 0 Å². The Balaban J connectivity index is 1.68. The lowest BCUT2D eigenvalue weighted by Gasteiger charge is -2.35. The van der Waals surface area contributed by atoms with Crippen molar-refractivity contribution in [1.29, 1.82) is 0 Å². The molecule has 122 valence electrons. The summed E-state index contributed by atoms with van der Waals surface area (Å²) in [5, 5.41) is 0. The minimum atomic E-state index is -0.0461. The van der Waals surface area contributed by atoms with Crippen molar-refractivity contribution < 1.29 is 9.53 Å². The fourth-order valence-corrected chi connectivity index (χ4v) is 3.50. The van der Waals surface area contributed by atoms with Gasteiger partial charge in [0.25, 0.3) is 5.88 Å². The molecule has 1 atom stereocenters. The summed E-state index contributed by atoms with van der Waals surface area (Å²) < 4.78 is 14.3. The van der Waals surface area contributed by atoms with Crippen LogP contribution in [0.2, 0.25) is 0 Å². The van der Waals surface area contributed by atoms with Crippen molar-refractivity contribution in [3.8, 4) is 5.88 Å². The molecule has 0 radical (unpaired) electrons. The SMILES string of the molecule is CCC1CCCCN1c1nsnc1OCC(=O)c1ccccc1. The summed E-state index contributed by atoms with van der Waals surface area (Å²) in [6.45, 7) is 3.17. The van der Waals surface area contributed by atoms with Crippen LogP contribution in [-0.2, 0) is 0 Å². The van der Waals surface area contributed by atoms with Crippen LogP contribution in [0.1, 0.15) is 43.0 Å². The van der Waals surface area contributed by atoms with Crippen molar-refractivity contribution in [3.05, 3.63) is 35.9 Å². The van der Waals surface area contributed by atoms with Crippen LogP contribution in [0.5, 0.6) is 5.88 Å². The van der Waals surface area contributed by atoms with Crippen molar-refractivity contribution in [1.82, 2.24) is 8.75 Å². The molecule has 0 aliphatic carbocycles. The van der Waals surface area contributed by atoms with Crippen molar-refractivity contribution in [2.75, 3.05) is 18.1 Å². The van der Waals surface area contributed by atoms with Crippen LogP contribution < -0.4 is 9.64 Å². The lowest BCUT2D eigenvalue weighted by molar-refractivity contribution is 0.0919. The first kappa shape index (κ1) is 15.9. The lowest BCUT2D eigenvalue weighted by atomic mass is 10.0. The standard InChI is InChI=1S/C17H21N3O2S/c1-2-14-10-6-7-11-20(14)16-17(19-23-18-16)22-12-15(21)13-8-4-3-5-9-13/h3-5,8-9,14H,2,6-7,10-12H2,1H3. The largest absolute Gasteiger partial charge is 0.466 e. The predicted molar refractivity (Wildman–Crippen MR) is 91.5 cm³/mol. The minimum absolute atomic E-state index is 0.00689. The van der Waals surface area contributed by atoms with E-state index in [1.54, 1.807) is 12.1 Å².